The molecule has 0 spiro atoms. The van der Waals surface area contributed by atoms with Crippen molar-refractivity contribution < 1.29 is 14.3 Å². The van der Waals surface area contributed by atoms with Crippen LogP contribution in [0.25, 0.3) is 11.3 Å². The molecule has 3 aromatic rings. The zero-order valence-electron chi connectivity index (χ0n) is 18.2. The first-order valence-corrected chi connectivity index (χ1v) is 11.1. The number of para-hydroxylation sites is 1. The maximum atomic E-state index is 13.1. The zero-order valence-corrected chi connectivity index (χ0v) is 18.2. The van der Waals surface area contributed by atoms with Crippen LogP contribution in [0.5, 0.6) is 11.5 Å². The van der Waals surface area contributed by atoms with Crippen LogP contribution >= 0.6 is 0 Å². The smallest absolute Gasteiger partial charge is 0.266 e. The predicted molar refractivity (Wildman–Crippen MR) is 122 cm³/mol. The highest BCUT2D eigenvalue weighted by Crippen LogP contribution is 2.34. The molecule has 0 atom stereocenters. The zero-order chi connectivity index (χ0) is 22.6. The van der Waals surface area contributed by atoms with E-state index in [1.165, 1.54) is 4.68 Å². The van der Waals surface area contributed by atoms with Gasteiger partial charge in [-0.15, -0.1) is 0 Å². The number of hydrogen-bond donors (Lipinski definition) is 0. The van der Waals surface area contributed by atoms with Crippen LogP contribution in [0, 0.1) is 0 Å². The van der Waals surface area contributed by atoms with Crippen molar-refractivity contribution in [2.45, 2.75) is 6.54 Å². The lowest BCUT2D eigenvalue weighted by molar-refractivity contribution is 0.0622. The molecular weight excluding hydrogens is 422 g/mol. The topological polar surface area (TPSA) is 89.8 Å². The third-order valence-electron chi connectivity index (χ3n) is 5.93. The SMILES string of the molecule is O=C(c1cccc2c1OCCO2)N1CCN(CCn2nc(-c3ccncc3)ccc2=O)CC1. The Labute approximate surface area is 191 Å². The van der Waals surface area contributed by atoms with Gasteiger partial charge in [0.15, 0.2) is 11.5 Å². The summed E-state index contributed by atoms with van der Waals surface area (Å²) < 4.78 is 12.8. The summed E-state index contributed by atoms with van der Waals surface area (Å²) in [5.74, 6) is 1.12. The summed E-state index contributed by atoms with van der Waals surface area (Å²) in [6, 6.07) is 12.4. The monoisotopic (exact) mass is 447 g/mol. The Morgan fingerprint density at radius 2 is 1.70 bits per heavy atom. The van der Waals surface area contributed by atoms with Crippen molar-refractivity contribution in [2.24, 2.45) is 0 Å². The fourth-order valence-corrected chi connectivity index (χ4v) is 4.11. The summed E-state index contributed by atoms with van der Waals surface area (Å²) in [5.41, 5.74) is 2.08. The highest BCUT2D eigenvalue weighted by atomic mass is 16.6. The number of fused-ring (bicyclic) bond motifs is 1. The molecule has 0 N–H and O–H groups in total. The van der Waals surface area contributed by atoms with Crippen LogP contribution < -0.4 is 15.0 Å². The molecule has 4 heterocycles. The number of ether oxygens (including phenoxy) is 2. The van der Waals surface area contributed by atoms with Crippen molar-refractivity contribution in [1.29, 1.82) is 0 Å². The molecule has 170 valence electrons. The van der Waals surface area contributed by atoms with Crippen LogP contribution in [0.15, 0.2) is 59.7 Å². The Morgan fingerprint density at radius 3 is 2.52 bits per heavy atom. The van der Waals surface area contributed by atoms with E-state index >= 15 is 0 Å². The number of pyridine rings is 1. The van der Waals surface area contributed by atoms with E-state index in [4.69, 9.17) is 9.47 Å². The van der Waals surface area contributed by atoms with Crippen LogP contribution in [0.2, 0.25) is 0 Å². The third-order valence-corrected chi connectivity index (χ3v) is 5.93. The Kier molecular flexibility index (Phi) is 6.03. The van der Waals surface area contributed by atoms with Gasteiger partial charge in [-0.05, 0) is 30.3 Å². The van der Waals surface area contributed by atoms with Crippen LogP contribution in [0.3, 0.4) is 0 Å². The van der Waals surface area contributed by atoms with Crippen molar-refractivity contribution in [3.63, 3.8) is 0 Å². The summed E-state index contributed by atoms with van der Waals surface area (Å²) in [4.78, 5) is 33.5. The van der Waals surface area contributed by atoms with Crippen molar-refractivity contribution in [1.82, 2.24) is 24.6 Å². The van der Waals surface area contributed by atoms with Gasteiger partial charge in [0.2, 0.25) is 0 Å². The van der Waals surface area contributed by atoms with Gasteiger partial charge in [-0.2, -0.15) is 5.10 Å². The molecule has 0 aliphatic carbocycles. The molecular formula is C24H25N5O4. The second-order valence-corrected chi connectivity index (χ2v) is 7.98. The Balaban J connectivity index is 1.19. The molecule has 5 rings (SSSR count). The lowest BCUT2D eigenvalue weighted by atomic mass is 10.1. The second kappa shape index (κ2) is 9.41. The van der Waals surface area contributed by atoms with Gasteiger partial charge in [0, 0.05) is 56.7 Å². The molecule has 2 aliphatic heterocycles. The molecule has 33 heavy (non-hydrogen) atoms. The quantitative estimate of drug-likeness (QED) is 0.586. The number of nitrogens with zero attached hydrogens (tertiary/aromatic N) is 5. The van der Waals surface area contributed by atoms with Crippen LogP contribution in [0.1, 0.15) is 10.4 Å². The van der Waals surface area contributed by atoms with E-state index < -0.39 is 0 Å². The fourth-order valence-electron chi connectivity index (χ4n) is 4.11. The molecule has 2 aliphatic rings. The minimum atomic E-state index is -0.127. The van der Waals surface area contributed by atoms with Crippen molar-refractivity contribution in [3.8, 4) is 22.8 Å². The summed E-state index contributed by atoms with van der Waals surface area (Å²) in [5, 5.41) is 4.51. The molecule has 0 saturated carbocycles. The highest BCUT2D eigenvalue weighted by Gasteiger charge is 2.27. The van der Waals surface area contributed by atoms with E-state index in [1.807, 2.05) is 29.2 Å². The number of carbonyl (C=O) groups is 1. The minimum absolute atomic E-state index is 0.0417. The van der Waals surface area contributed by atoms with Gasteiger partial charge in [0.25, 0.3) is 11.5 Å². The Morgan fingerprint density at radius 1 is 0.909 bits per heavy atom. The first-order valence-electron chi connectivity index (χ1n) is 11.1. The molecule has 0 unspecified atom stereocenters. The number of benzene rings is 1. The lowest BCUT2D eigenvalue weighted by Gasteiger charge is -2.35. The summed E-state index contributed by atoms with van der Waals surface area (Å²) in [6.45, 7) is 4.81. The average Bonchev–Trinajstić information content (AvgIpc) is 2.88. The average molecular weight is 447 g/mol. The molecule has 1 saturated heterocycles. The normalized spacial score (nSPS) is 15.9. The Hall–Kier alpha value is -3.72. The third kappa shape index (κ3) is 4.58. The summed E-state index contributed by atoms with van der Waals surface area (Å²) in [7, 11) is 0. The molecule has 1 fully saturated rings. The number of aromatic nitrogens is 3. The predicted octanol–water partition coefficient (Wildman–Crippen LogP) is 1.53. The van der Waals surface area contributed by atoms with Crippen LogP contribution in [-0.4, -0.2) is 76.4 Å². The number of piperazine rings is 1. The van der Waals surface area contributed by atoms with Gasteiger partial charge in [-0.25, -0.2) is 4.68 Å². The molecule has 9 heteroatoms. The van der Waals surface area contributed by atoms with Gasteiger partial charge in [-0.1, -0.05) is 6.07 Å². The first-order chi connectivity index (χ1) is 16.2. The van der Waals surface area contributed by atoms with E-state index in [0.717, 1.165) is 24.3 Å². The standard InChI is InChI=1S/C24H25N5O4/c30-22-5-4-20(18-6-8-25-9-7-18)26-29(22)15-12-27-10-13-28(14-11-27)24(31)19-2-1-3-21-23(19)33-17-16-32-21/h1-9H,10-17H2. The first kappa shape index (κ1) is 21.1. The van der Waals surface area contributed by atoms with Crippen molar-refractivity contribution >= 4 is 5.91 Å². The van der Waals surface area contributed by atoms with Gasteiger partial charge in [0.1, 0.15) is 13.2 Å². The van der Waals surface area contributed by atoms with Crippen molar-refractivity contribution in [3.05, 3.63) is 70.8 Å². The van der Waals surface area contributed by atoms with Gasteiger partial charge >= 0.3 is 0 Å². The number of rotatable bonds is 5. The van der Waals surface area contributed by atoms with Crippen LogP contribution in [-0.2, 0) is 6.54 Å². The maximum Gasteiger partial charge on any atom is 0.266 e. The molecule has 2 aromatic heterocycles. The van der Waals surface area contributed by atoms with E-state index in [9.17, 15) is 9.59 Å². The number of amides is 1. The number of hydrogen-bond acceptors (Lipinski definition) is 7. The minimum Gasteiger partial charge on any atom is -0.486 e. The fraction of sp³-hybridized carbons (Fsp3) is 0.333. The van der Waals surface area contributed by atoms with E-state index in [1.54, 1.807) is 30.6 Å². The lowest BCUT2D eigenvalue weighted by Crippen LogP contribution is -2.49. The van der Waals surface area contributed by atoms with E-state index in [0.29, 0.717) is 56.5 Å². The molecule has 1 amide bonds. The van der Waals surface area contributed by atoms with Gasteiger partial charge in [-0.3, -0.25) is 19.5 Å². The molecule has 1 aromatic carbocycles. The highest BCUT2D eigenvalue weighted by molar-refractivity contribution is 5.98. The van der Waals surface area contributed by atoms with Crippen LogP contribution in [0.4, 0.5) is 0 Å². The van der Waals surface area contributed by atoms with E-state index in [-0.39, 0.29) is 11.5 Å². The molecule has 0 bridgehead atoms. The summed E-state index contributed by atoms with van der Waals surface area (Å²) in [6.07, 6.45) is 3.41. The van der Waals surface area contributed by atoms with Gasteiger partial charge in [0.05, 0.1) is 17.8 Å². The Bertz CT molecular complexity index is 1190. The molecule has 9 nitrogen and oxygen atoms in total. The van der Waals surface area contributed by atoms with Crippen molar-refractivity contribution in [2.75, 3.05) is 45.9 Å². The van der Waals surface area contributed by atoms with E-state index in [2.05, 4.69) is 15.0 Å². The molecule has 0 radical (unpaired) electrons. The number of carbonyl (C=O) groups excluding carboxylic acids is 1. The summed E-state index contributed by atoms with van der Waals surface area (Å²) >= 11 is 0. The largest absolute Gasteiger partial charge is 0.486 e. The van der Waals surface area contributed by atoms with Gasteiger partial charge < -0.3 is 14.4 Å². The maximum absolute atomic E-state index is 13.1. The second-order valence-electron chi connectivity index (χ2n) is 7.98.